The number of nitrogens with one attached hydrogen (secondary N) is 1. The molecular formula is C12H21N7O3. The van der Waals surface area contributed by atoms with Crippen molar-refractivity contribution >= 4 is 11.9 Å². The van der Waals surface area contributed by atoms with Crippen molar-refractivity contribution < 1.29 is 9.83 Å². The van der Waals surface area contributed by atoms with Gasteiger partial charge in [0.2, 0.25) is 5.91 Å². The molecule has 122 valence electrons. The minimum absolute atomic E-state index is 0.193. The summed E-state index contributed by atoms with van der Waals surface area (Å²) < 4.78 is 0. The molecule has 0 unspecified atom stereocenters. The van der Waals surface area contributed by atoms with Gasteiger partial charge in [-0.1, -0.05) is 5.43 Å². The highest BCUT2D eigenvalue weighted by Crippen LogP contribution is 2.18. The van der Waals surface area contributed by atoms with Gasteiger partial charge in [-0.05, 0) is 32.1 Å². The van der Waals surface area contributed by atoms with Crippen molar-refractivity contribution in [2.45, 2.75) is 44.2 Å². The highest BCUT2D eigenvalue weighted by Gasteiger charge is 2.31. The molecule has 10 nitrogen and oxygen atoms in total. The molecule has 1 heterocycles. The number of nitriles is 1. The van der Waals surface area contributed by atoms with Crippen molar-refractivity contribution in [2.75, 3.05) is 13.1 Å². The van der Waals surface area contributed by atoms with Crippen LogP contribution in [0.3, 0.4) is 0 Å². The van der Waals surface area contributed by atoms with Crippen molar-refractivity contribution in [3.63, 3.8) is 0 Å². The van der Waals surface area contributed by atoms with Gasteiger partial charge in [0.15, 0.2) is 5.03 Å². The molecule has 1 aliphatic rings. The molecule has 22 heavy (non-hydrogen) atoms. The first kappa shape index (κ1) is 17.6. The summed E-state index contributed by atoms with van der Waals surface area (Å²) in [6.07, 6.45) is 3.27. The number of nitrogens with zero attached hydrogens (tertiary/aromatic N) is 4. The Bertz CT molecular complexity index is 474. The molecule has 1 fully saturated rings. The number of rotatable bonds is 7. The number of aliphatic imine (C=N–C) groups is 1. The summed E-state index contributed by atoms with van der Waals surface area (Å²) in [6.45, 7) is 0.899. The number of unbranched alkanes of at least 4 members (excludes halogenated alkanes) is 1. The van der Waals surface area contributed by atoms with Crippen LogP contribution in [0.5, 0.6) is 0 Å². The number of carbonyl (C=O) groups is 1. The summed E-state index contributed by atoms with van der Waals surface area (Å²) in [4.78, 5) is 27.5. The number of hydrogen-bond donors (Lipinski definition) is 3. The van der Waals surface area contributed by atoms with Crippen molar-refractivity contribution in [3.8, 4) is 6.07 Å². The van der Waals surface area contributed by atoms with Crippen molar-refractivity contribution in [1.29, 1.82) is 5.26 Å². The Morgan fingerprint density at radius 3 is 2.95 bits per heavy atom. The molecule has 0 aromatic heterocycles. The van der Waals surface area contributed by atoms with Gasteiger partial charge in [-0.25, -0.2) is 15.1 Å². The second kappa shape index (κ2) is 8.78. The molecule has 1 amide bonds. The minimum Gasteiger partial charge on any atom is -0.365 e. The molecule has 5 N–H and O–H groups in total. The van der Waals surface area contributed by atoms with E-state index in [4.69, 9.17) is 16.7 Å². The zero-order valence-corrected chi connectivity index (χ0v) is 12.3. The van der Waals surface area contributed by atoms with E-state index in [1.165, 1.54) is 0 Å². The van der Waals surface area contributed by atoms with Gasteiger partial charge in [0.05, 0.1) is 12.1 Å². The number of nitrogens with two attached hydrogens (primary N) is 2. The molecule has 0 saturated carbocycles. The zero-order chi connectivity index (χ0) is 16.5. The fraction of sp³-hybridized carbons (Fsp3) is 0.750. The fourth-order valence-electron chi connectivity index (χ4n) is 2.31. The summed E-state index contributed by atoms with van der Waals surface area (Å²) in [5.41, 5.74) is 12.9. The van der Waals surface area contributed by atoms with Crippen molar-refractivity contribution in [2.24, 2.45) is 16.5 Å². The van der Waals surface area contributed by atoms with Crippen LogP contribution in [0.15, 0.2) is 4.99 Å². The highest BCUT2D eigenvalue weighted by molar-refractivity contribution is 5.82. The fourth-order valence-corrected chi connectivity index (χ4v) is 2.31. The third kappa shape index (κ3) is 5.53. The normalized spacial score (nSPS) is 19.5. The quantitative estimate of drug-likeness (QED) is 0.180. The average Bonchev–Trinajstić information content (AvgIpc) is 2.93. The number of guanidine groups is 1. The predicted octanol–water partition coefficient (Wildman–Crippen LogP) is -0.905. The number of amides is 1. The Morgan fingerprint density at radius 2 is 2.32 bits per heavy atom. The topological polar surface area (TPSA) is 164 Å². The second-order valence-electron chi connectivity index (χ2n) is 5.06. The van der Waals surface area contributed by atoms with Crippen LogP contribution in [0.1, 0.15) is 32.1 Å². The molecule has 0 aliphatic carbocycles. The number of likely N-dealkylation sites (tertiary alicyclic amines) is 1. The molecule has 0 bridgehead atoms. The van der Waals surface area contributed by atoms with E-state index < -0.39 is 11.1 Å². The number of carbonyl (C=O) groups excluding carboxylic acids is 1. The lowest BCUT2D eigenvalue weighted by molar-refractivity contribution is -0.525. The number of hydrazine groups is 1. The lowest BCUT2D eigenvalue weighted by Gasteiger charge is -2.23. The molecule has 1 rings (SSSR count). The monoisotopic (exact) mass is 311 g/mol. The predicted molar refractivity (Wildman–Crippen MR) is 78.8 cm³/mol. The van der Waals surface area contributed by atoms with E-state index in [1.807, 2.05) is 0 Å². The van der Waals surface area contributed by atoms with Crippen LogP contribution in [0, 0.1) is 21.4 Å². The maximum absolute atomic E-state index is 12.1. The van der Waals surface area contributed by atoms with Crippen molar-refractivity contribution in [1.82, 2.24) is 10.3 Å². The minimum atomic E-state index is -0.783. The van der Waals surface area contributed by atoms with Crippen LogP contribution in [0.2, 0.25) is 0 Å². The molecule has 2 atom stereocenters. The Labute approximate surface area is 128 Å². The first-order valence-electron chi connectivity index (χ1n) is 7.12. The molecule has 0 aromatic carbocycles. The first-order chi connectivity index (χ1) is 10.5. The second-order valence-corrected chi connectivity index (χ2v) is 5.06. The summed E-state index contributed by atoms with van der Waals surface area (Å²) >= 11 is 0. The molecule has 10 heteroatoms. The van der Waals surface area contributed by atoms with Gasteiger partial charge >= 0.3 is 0 Å². The Morgan fingerprint density at radius 1 is 1.59 bits per heavy atom. The lowest BCUT2D eigenvalue weighted by atomic mass is 10.1. The van der Waals surface area contributed by atoms with Crippen LogP contribution < -0.4 is 16.9 Å². The van der Waals surface area contributed by atoms with Gasteiger partial charge in [-0.3, -0.25) is 4.79 Å². The van der Waals surface area contributed by atoms with E-state index in [0.717, 1.165) is 6.42 Å². The maximum atomic E-state index is 12.1. The number of hydrogen-bond acceptors (Lipinski definition) is 6. The Balaban J connectivity index is 2.26. The molecule has 1 saturated heterocycles. The van der Waals surface area contributed by atoms with Crippen LogP contribution in [-0.4, -0.2) is 47.0 Å². The molecular weight excluding hydrogens is 290 g/mol. The van der Waals surface area contributed by atoms with Crippen molar-refractivity contribution in [3.05, 3.63) is 10.1 Å². The van der Waals surface area contributed by atoms with Gasteiger partial charge in [0.1, 0.15) is 6.04 Å². The van der Waals surface area contributed by atoms with Gasteiger partial charge in [0.25, 0.3) is 5.96 Å². The first-order valence-corrected chi connectivity index (χ1v) is 7.12. The van der Waals surface area contributed by atoms with E-state index in [9.17, 15) is 14.9 Å². The van der Waals surface area contributed by atoms with Gasteiger partial charge in [0, 0.05) is 13.1 Å². The smallest absolute Gasteiger partial charge is 0.251 e. The van der Waals surface area contributed by atoms with Gasteiger partial charge in [-0.15, -0.1) is 0 Å². The summed E-state index contributed by atoms with van der Waals surface area (Å²) in [6, 6.07) is 1.11. The van der Waals surface area contributed by atoms with Crippen LogP contribution in [-0.2, 0) is 4.79 Å². The van der Waals surface area contributed by atoms with E-state index in [-0.39, 0.29) is 17.9 Å². The Hall–Kier alpha value is -2.41. The van der Waals surface area contributed by atoms with E-state index in [1.54, 1.807) is 10.3 Å². The standard InChI is InChI=1S/C12H21N7O3/c13-8-9-4-3-7-18(9)11(20)10(14)5-1-2-6-16-12(15)17-19(21)22/h9-10H,1-7,14H2,(H3,15,16,17)/t9-,10-/m0/s1. The van der Waals surface area contributed by atoms with Crippen LogP contribution >= 0.6 is 0 Å². The number of nitro groups is 1. The highest BCUT2D eigenvalue weighted by atomic mass is 16.7. The summed E-state index contributed by atoms with van der Waals surface area (Å²) in [5, 5.41) is 18.3. The lowest BCUT2D eigenvalue weighted by Crippen LogP contribution is -2.45. The Kier molecular flexibility index (Phi) is 7.04. The van der Waals surface area contributed by atoms with Crippen LogP contribution in [0.25, 0.3) is 0 Å². The maximum Gasteiger partial charge on any atom is 0.251 e. The van der Waals surface area contributed by atoms with E-state index in [0.29, 0.717) is 38.8 Å². The van der Waals surface area contributed by atoms with E-state index in [2.05, 4.69) is 11.1 Å². The summed E-state index contributed by atoms with van der Waals surface area (Å²) in [5.74, 6) is -0.443. The van der Waals surface area contributed by atoms with Gasteiger partial charge < -0.3 is 16.4 Å². The molecule has 0 aromatic rings. The molecule has 0 radical (unpaired) electrons. The van der Waals surface area contributed by atoms with Gasteiger partial charge in [-0.2, -0.15) is 5.26 Å². The molecule has 1 aliphatic heterocycles. The molecule has 0 spiro atoms. The van der Waals surface area contributed by atoms with E-state index >= 15 is 0 Å². The summed E-state index contributed by atoms with van der Waals surface area (Å²) in [7, 11) is 0. The largest absolute Gasteiger partial charge is 0.365 e. The third-order valence-electron chi connectivity index (χ3n) is 3.41. The average molecular weight is 311 g/mol. The SMILES string of the molecule is N#C[C@@H]1CCCN1C(=O)[C@@H](N)CCCCN=C(N)N[N+](=O)[O-]. The van der Waals surface area contributed by atoms with Crippen LogP contribution in [0.4, 0.5) is 0 Å². The third-order valence-corrected chi connectivity index (χ3v) is 3.41. The zero-order valence-electron chi connectivity index (χ0n) is 12.3.